The van der Waals surface area contributed by atoms with Crippen LogP contribution in [0.25, 0.3) is 0 Å². The van der Waals surface area contributed by atoms with Crippen molar-refractivity contribution in [2.24, 2.45) is 5.73 Å². The van der Waals surface area contributed by atoms with Gasteiger partial charge in [-0.3, -0.25) is 0 Å². The molecular formula is C15H13BrClNOS2. The lowest BCUT2D eigenvalue weighted by atomic mass is 10.2. The summed E-state index contributed by atoms with van der Waals surface area (Å²) in [6.07, 6.45) is 0. The molecule has 0 fully saturated rings. The van der Waals surface area contributed by atoms with Gasteiger partial charge in [0.2, 0.25) is 0 Å². The first-order chi connectivity index (χ1) is 10.0. The van der Waals surface area contributed by atoms with Gasteiger partial charge in [-0.1, -0.05) is 36.8 Å². The minimum absolute atomic E-state index is 0.326. The second kappa shape index (κ2) is 7.49. The first-order valence-corrected chi connectivity index (χ1v) is 8.78. The number of rotatable bonds is 5. The second-order valence-corrected chi connectivity index (χ2v) is 7.14. The van der Waals surface area contributed by atoms with Gasteiger partial charge in [0.05, 0.1) is 10.0 Å². The summed E-state index contributed by atoms with van der Waals surface area (Å²) in [5, 5.41) is 0.638. The Morgan fingerprint density at radius 3 is 2.71 bits per heavy atom. The zero-order valence-electron chi connectivity index (χ0n) is 11.2. The van der Waals surface area contributed by atoms with E-state index in [-0.39, 0.29) is 0 Å². The lowest BCUT2D eigenvalue weighted by Crippen LogP contribution is -2.12. The number of nitrogens with two attached hydrogens (primary N) is 1. The molecule has 0 heterocycles. The number of hydrogen-bond acceptors (Lipinski definition) is 3. The third-order valence-corrected chi connectivity index (χ3v) is 4.65. The van der Waals surface area contributed by atoms with Crippen molar-refractivity contribution in [3.05, 3.63) is 51.5 Å². The van der Waals surface area contributed by atoms with Crippen LogP contribution in [0.5, 0.6) is 11.5 Å². The topological polar surface area (TPSA) is 35.2 Å². The van der Waals surface area contributed by atoms with Crippen LogP contribution >= 0.6 is 51.5 Å². The normalized spacial score (nSPS) is 10.4. The minimum atomic E-state index is 0.326. The number of thiocarbonyl (C=S) groups is 1. The summed E-state index contributed by atoms with van der Waals surface area (Å²) in [6.45, 7) is 2.08. The van der Waals surface area contributed by atoms with Crippen molar-refractivity contribution in [2.75, 3.05) is 5.75 Å². The Morgan fingerprint density at radius 1 is 1.33 bits per heavy atom. The van der Waals surface area contributed by atoms with Gasteiger partial charge in [-0.05, 0) is 52.0 Å². The number of ether oxygens (including phenoxy) is 1. The van der Waals surface area contributed by atoms with E-state index in [1.165, 1.54) is 0 Å². The largest absolute Gasteiger partial charge is 0.455 e. The minimum Gasteiger partial charge on any atom is -0.455 e. The van der Waals surface area contributed by atoms with Gasteiger partial charge in [0.1, 0.15) is 16.5 Å². The smallest absolute Gasteiger partial charge is 0.141 e. The van der Waals surface area contributed by atoms with Crippen molar-refractivity contribution in [1.29, 1.82) is 0 Å². The highest BCUT2D eigenvalue weighted by atomic mass is 79.9. The number of thioether (sulfide) groups is 1. The summed E-state index contributed by atoms with van der Waals surface area (Å²) in [5.41, 5.74) is 6.63. The molecule has 2 aromatic carbocycles. The Labute approximate surface area is 147 Å². The van der Waals surface area contributed by atoms with Gasteiger partial charge in [0.25, 0.3) is 0 Å². The van der Waals surface area contributed by atoms with Crippen LogP contribution in [0, 0.1) is 0 Å². The van der Waals surface area contributed by atoms with Crippen molar-refractivity contribution in [2.45, 2.75) is 11.8 Å². The molecule has 0 aliphatic rings. The summed E-state index contributed by atoms with van der Waals surface area (Å²) < 4.78 is 6.73. The average molecular weight is 403 g/mol. The van der Waals surface area contributed by atoms with Crippen LogP contribution in [0.4, 0.5) is 0 Å². The van der Waals surface area contributed by atoms with E-state index in [1.807, 2.05) is 18.2 Å². The molecule has 6 heteroatoms. The van der Waals surface area contributed by atoms with Crippen molar-refractivity contribution in [3.63, 3.8) is 0 Å². The summed E-state index contributed by atoms with van der Waals surface area (Å²) in [5.74, 6) is 2.24. The molecule has 0 aromatic heterocycles. The zero-order valence-corrected chi connectivity index (χ0v) is 15.2. The van der Waals surface area contributed by atoms with Gasteiger partial charge in [-0.2, -0.15) is 0 Å². The second-order valence-electron chi connectivity index (χ2n) is 4.10. The molecule has 21 heavy (non-hydrogen) atoms. The highest BCUT2D eigenvalue weighted by molar-refractivity contribution is 9.10. The number of benzene rings is 2. The molecule has 0 unspecified atom stereocenters. The quantitative estimate of drug-likeness (QED) is 0.518. The van der Waals surface area contributed by atoms with Crippen LogP contribution in [0.1, 0.15) is 12.5 Å². The fourth-order valence-electron chi connectivity index (χ4n) is 1.79. The Kier molecular flexibility index (Phi) is 5.93. The maximum absolute atomic E-state index is 5.96. The molecule has 2 aromatic rings. The highest BCUT2D eigenvalue weighted by Gasteiger charge is 2.14. The molecule has 2 N–H and O–H groups in total. The first-order valence-electron chi connectivity index (χ1n) is 6.21. The first kappa shape index (κ1) is 16.6. The molecule has 0 saturated heterocycles. The van der Waals surface area contributed by atoms with E-state index in [9.17, 15) is 0 Å². The molecule has 0 saturated carbocycles. The molecular weight excluding hydrogens is 390 g/mol. The standard InChI is InChI=1S/C15H13BrClNOS2/c1-2-21-13-5-3-4-12(14(13)15(18)20)19-11-7-6-9(17)8-10(11)16/h3-8H,2H2,1H3,(H2,18,20). The molecule has 0 aliphatic carbocycles. The van der Waals surface area contributed by atoms with E-state index >= 15 is 0 Å². The van der Waals surface area contributed by atoms with Crippen molar-refractivity contribution >= 4 is 56.5 Å². The molecule has 0 aliphatic heterocycles. The predicted molar refractivity (Wildman–Crippen MR) is 98.0 cm³/mol. The van der Waals surface area contributed by atoms with Gasteiger partial charge in [0, 0.05) is 9.92 Å². The van der Waals surface area contributed by atoms with Gasteiger partial charge in [0.15, 0.2) is 0 Å². The third kappa shape index (κ3) is 4.13. The lowest BCUT2D eigenvalue weighted by molar-refractivity contribution is 0.477. The van der Waals surface area contributed by atoms with Gasteiger partial charge < -0.3 is 10.5 Å². The maximum atomic E-state index is 5.96. The van der Waals surface area contributed by atoms with Crippen LogP contribution in [-0.4, -0.2) is 10.7 Å². The molecule has 0 spiro atoms. The Hall–Kier alpha value is -0.750. The Balaban J connectivity index is 2.43. The fraction of sp³-hybridized carbons (Fsp3) is 0.133. The van der Waals surface area contributed by atoms with Crippen molar-refractivity contribution in [3.8, 4) is 11.5 Å². The zero-order chi connectivity index (χ0) is 15.4. The van der Waals surface area contributed by atoms with Gasteiger partial charge in [-0.25, -0.2) is 0 Å². The Morgan fingerprint density at radius 2 is 2.10 bits per heavy atom. The van der Waals surface area contributed by atoms with E-state index in [1.54, 1.807) is 30.0 Å². The maximum Gasteiger partial charge on any atom is 0.141 e. The third-order valence-electron chi connectivity index (χ3n) is 2.65. The Bertz CT molecular complexity index is 679. The molecule has 0 bridgehead atoms. The number of hydrogen-bond donors (Lipinski definition) is 1. The lowest BCUT2D eigenvalue weighted by Gasteiger charge is -2.14. The van der Waals surface area contributed by atoms with Crippen LogP contribution in [0.3, 0.4) is 0 Å². The molecule has 110 valence electrons. The van der Waals surface area contributed by atoms with Crippen LogP contribution in [-0.2, 0) is 0 Å². The van der Waals surface area contributed by atoms with E-state index in [0.29, 0.717) is 21.5 Å². The van der Waals surface area contributed by atoms with Crippen molar-refractivity contribution < 1.29 is 4.74 Å². The van der Waals surface area contributed by atoms with E-state index < -0.39 is 0 Å². The van der Waals surface area contributed by atoms with Gasteiger partial charge in [-0.15, -0.1) is 11.8 Å². The molecule has 2 rings (SSSR count). The van der Waals surface area contributed by atoms with Crippen LogP contribution in [0.2, 0.25) is 5.02 Å². The molecule has 0 amide bonds. The average Bonchev–Trinajstić information content (AvgIpc) is 2.42. The molecule has 0 radical (unpaired) electrons. The SMILES string of the molecule is CCSc1cccc(Oc2ccc(Cl)cc2Br)c1C(N)=S. The van der Waals surface area contributed by atoms with Gasteiger partial charge >= 0.3 is 0 Å². The summed E-state index contributed by atoms with van der Waals surface area (Å²) in [6, 6.07) is 11.1. The fourth-order valence-corrected chi connectivity index (χ4v) is 3.67. The highest BCUT2D eigenvalue weighted by Crippen LogP contribution is 2.36. The van der Waals surface area contributed by atoms with Crippen LogP contribution in [0.15, 0.2) is 45.8 Å². The van der Waals surface area contributed by atoms with E-state index in [4.69, 9.17) is 34.3 Å². The van der Waals surface area contributed by atoms with Crippen LogP contribution < -0.4 is 10.5 Å². The van der Waals surface area contributed by atoms with Crippen molar-refractivity contribution in [1.82, 2.24) is 0 Å². The van der Waals surface area contributed by atoms with E-state index in [2.05, 4.69) is 22.9 Å². The monoisotopic (exact) mass is 401 g/mol. The molecule has 0 atom stereocenters. The summed E-state index contributed by atoms with van der Waals surface area (Å²) in [4.78, 5) is 1.35. The number of halogens is 2. The van der Waals surface area contributed by atoms with E-state index in [0.717, 1.165) is 20.7 Å². The predicted octanol–water partition coefficient (Wildman–Crippen LogP) is 5.64. The summed E-state index contributed by atoms with van der Waals surface area (Å²) >= 11 is 16.2. The molecule has 2 nitrogen and oxygen atoms in total. The summed E-state index contributed by atoms with van der Waals surface area (Å²) in [7, 11) is 0.